The lowest BCUT2D eigenvalue weighted by Gasteiger charge is -2.28. The van der Waals surface area contributed by atoms with E-state index >= 15 is 0 Å². The summed E-state index contributed by atoms with van der Waals surface area (Å²) in [5.74, 6) is 0.343. The van der Waals surface area contributed by atoms with Gasteiger partial charge in [0.15, 0.2) is 0 Å². The number of nitrogens with zero attached hydrogens (tertiary/aromatic N) is 1. The minimum Gasteiger partial charge on any atom is -0.507 e. The average Bonchev–Trinajstić information content (AvgIpc) is 2.51. The van der Waals surface area contributed by atoms with Crippen LogP contribution in [0, 0.1) is 0 Å². The van der Waals surface area contributed by atoms with Crippen molar-refractivity contribution in [3.8, 4) is 5.75 Å². The van der Waals surface area contributed by atoms with Gasteiger partial charge in [-0.15, -0.1) is 0 Å². The number of halogens is 1. The average molecular weight is 365 g/mol. The lowest BCUT2D eigenvalue weighted by atomic mass is 9.79. The third-order valence-corrected chi connectivity index (χ3v) is 5.37. The number of phenols is 1. The maximum atomic E-state index is 10.8. The summed E-state index contributed by atoms with van der Waals surface area (Å²) in [5.41, 5.74) is 2.88. The van der Waals surface area contributed by atoms with Crippen molar-refractivity contribution in [3.05, 3.63) is 28.8 Å². The van der Waals surface area contributed by atoms with Gasteiger partial charge in [0.2, 0.25) is 0 Å². The second-order valence-corrected chi connectivity index (χ2v) is 9.53. The zero-order valence-electron chi connectivity index (χ0n) is 16.5. The smallest absolute Gasteiger partial charge is 0.128 e. The van der Waals surface area contributed by atoms with Crippen LogP contribution in [0.15, 0.2) is 17.1 Å². The minimum absolute atomic E-state index is 0.0152. The molecule has 1 fully saturated rings. The van der Waals surface area contributed by atoms with E-state index in [1.165, 1.54) is 18.4 Å². The van der Waals surface area contributed by atoms with Crippen LogP contribution in [0.3, 0.4) is 0 Å². The van der Waals surface area contributed by atoms with Gasteiger partial charge in [0, 0.05) is 23.4 Å². The summed E-state index contributed by atoms with van der Waals surface area (Å²) < 4.78 is 0. The summed E-state index contributed by atoms with van der Waals surface area (Å²) in [7, 11) is 0. The molecule has 0 radical (unpaired) electrons. The Morgan fingerprint density at radius 2 is 1.72 bits per heavy atom. The highest BCUT2D eigenvalue weighted by Crippen LogP contribution is 2.37. The molecule has 1 saturated carbocycles. The number of hydrogen-bond donors (Lipinski definition) is 2. The quantitative estimate of drug-likeness (QED) is 0.552. The van der Waals surface area contributed by atoms with Gasteiger partial charge in [-0.3, -0.25) is 4.99 Å². The molecular weight excluding hydrogens is 332 g/mol. The number of nitrogens with one attached hydrogen (secondary N) is 1. The summed E-state index contributed by atoms with van der Waals surface area (Å²) >= 11 is 5.88. The predicted octanol–water partition coefficient (Wildman–Crippen LogP) is 5.46. The Balaban J connectivity index is 2.43. The van der Waals surface area contributed by atoms with Crippen molar-refractivity contribution in [2.75, 3.05) is 0 Å². The maximum Gasteiger partial charge on any atom is 0.128 e. The Hall–Kier alpha value is -1.06. The molecule has 0 saturated heterocycles. The number of aliphatic imine (C=N–C) groups is 1. The van der Waals surface area contributed by atoms with Gasteiger partial charge in [0.05, 0.1) is 6.04 Å². The molecule has 2 N–H and O–H groups in total. The van der Waals surface area contributed by atoms with Crippen LogP contribution >= 0.6 is 11.8 Å². The molecule has 0 aromatic heterocycles. The van der Waals surface area contributed by atoms with Gasteiger partial charge in [0.25, 0.3) is 0 Å². The van der Waals surface area contributed by atoms with Gasteiger partial charge in [-0.2, -0.15) is 0 Å². The molecule has 25 heavy (non-hydrogen) atoms. The van der Waals surface area contributed by atoms with E-state index in [9.17, 15) is 5.11 Å². The van der Waals surface area contributed by atoms with Crippen LogP contribution in [0.1, 0.15) is 83.9 Å². The van der Waals surface area contributed by atoms with Crippen LogP contribution in [0.25, 0.3) is 0 Å². The van der Waals surface area contributed by atoms with Gasteiger partial charge in [-0.05, 0) is 47.1 Å². The fourth-order valence-corrected chi connectivity index (χ4v) is 3.61. The van der Waals surface area contributed by atoms with Gasteiger partial charge >= 0.3 is 0 Å². The maximum absolute atomic E-state index is 10.8. The van der Waals surface area contributed by atoms with Crippen molar-refractivity contribution in [1.82, 2.24) is 4.84 Å². The Kier molecular flexibility index (Phi) is 6.22. The molecular formula is C21H33ClN2O. The molecule has 1 aromatic carbocycles. The lowest BCUT2D eigenvalue weighted by Crippen LogP contribution is -2.36. The van der Waals surface area contributed by atoms with Crippen molar-refractivity contribution < 1.29 is 5.11 Å². The van der Waals surface area contributed by atoms with E-state index in [0.29, 0.717) is 5.75 Å². The van der Waals surface area contributed by atoms with E-state index in [1.807, 2.05) is 6.21 Å². The molecule has 0 unspecified atom stereocenters. The molecule has 0 spiro atoms. The first-order chi connectivity index (χ1) is 11.5. The highest BCUT2D eigenvalue weighted by molar-refractivity contribution is 6.13. The number of benzene rings is 1. The number of rotatable bonds is 3. The second-order valence-electron chi connectivity index (χ2n) is 9.31. The Morgan fingerprint density at radius 1 is 1.08 bits per heavy atom. The van der Waals surface area contributed by atoms with Crippen LogP contribution < -0.4 is 4.84 Å². The molecule has 0 aliphatic heterocycles. The van der Waals surface area contributed by atoms with E-state index in [2.05, 4.69) is 58.5 Å². The normalized spacial score (nSPS) is 22.5. The summed E-state index contributed by atoms with van der Waals surface area (Å²) in [6.07, 6.45) is 6.30. The zero-order valence-corrected chi connectivity index (χ0v) is 17.2. The minimum atomic E-state index is -0.126. The van der Waals surface area contributed by atoms with E-state index in [1.54, 1.807) is 0 Å². The molecule has 3 nitrogen and oxygen atoms in total. The van der Waals surface area contributed by atoms with Gasteiger partial charge in [0.1, 0.15) is 5.75 Å². The number of hydrogen-bond acceptors (Lipinski definition) is 3. The monoisotopic (exact) mass is 364 g/mol. The van der Waals surface area contributed by atoms with Crippen molar-refractivity contribution in [3.63, 3.8) is 0 Å². The first-order valence-corrected chi connectivity index (χ1v) is 9.69. The first kappa shape index (κ1) is 20.3. The lowest BCUT2D eigenvalue weighted by molar-refractivity contribution is 0.369. The predicted molar refractivity (Wildman–Crippen MR) is 108 cm³/mol. The molecule has 140 valence electrons. The molecule has 1 aromatic rings. The molecule has 1 aliphatic rings. The Bertz CT molecular complexity index is 626. The standard InChI is InChI=1S/C21H33ClN2O/c1-20(2,3)15-11-14(19(25)16(12-15)21(4,5)6)13-23-17-9-7-8-10-18(17)24-22/h11-13,17-18,24-25H,7-10H2,1-6H3/b23-13+/t17-,18-/m1/s1. The van der Waals surface area contributed by atoms with Gasteiger partial charge < -0.3 is 5.11 Å². The van der Waals surface area contributed by atoms with Gasteiger partial charge in [-0.25, -0.2) is 4.84 Å². The van der Waals surface area contributed by atoms with Crippen LogP contribution in [0.4, 0.5) is 0 Å². The molecule has 4 heteroatoms. The zero-order chi connectivity index (χ0) is 18.8. The van der Waals surface area contributed by atoms with Crippen LogP contribution in [-0.4, -0.2) is 23.4 Å². The Morgan fingerprint density at radius 3 is 2.28 bits per heavy atom. The van der Waals surface area contributed by atoms with E-state index in [0.717, 1.165) is 24.0 Å². The highest BCUT2D eigenvalue weighted by Gasteiger charge is 2.26. The summed E-state index contributed by atoms with van der Waals surface area (Å²) in [4.78, 5) is 7.65. The second kappa shape index (κ2) is 7.67. The van der Waals surface area contributed by atoms with E-state index in [4.69, 9.17) is 16.8 Å². The fourth-order valence-electron chi connectivity index (χ4n) is 3.35. The van der Waals surface area contributed by atoms with Crippen molar-refractivity contribution in [2.45, 2.75) is 90.1 Å². The molecule has 2 rings (SSSR count). The summed E-state index contributed by atoms with van der Waals surface area (Å²) in [6.45, 7) is 13.0. The number of phenolic OH excluding ortho intramolecular Hbond substituents is 1. The summed E-state index contributed by atoms with van der Waals surface area (Å²) in [5, 5.41) is 10.8. The van der Waals surface area contributed by atoms with E-state index < -0.39 is 0 Å². The Labute approximate surface area is 158 Å². The SMILES string of the molecule is CC(C)(C)c1cc(/C=N/[C@@H]2CCCC[C@H]2NCl)c(O)c(C(C)(C)C)c1. The third-order valence-electron chi connectivity index (χ3n) is 5.09. The summed E-state index contributed by atoms with van der Waals surface area (Å²) in [6, 6.07) is 4.58. The van der Waals surface area contributed by atoms with Crippen LogP contribution in [0.2, 0.25) is 0 Å². The highest BCUT2D eigenvalue weighted by atomic mass is 35.5. The largest absolute Gasteiger partial charge is 0.507 e. The molecule has 0 heterocycles. The molecule has 0 bridgehead atoms. The third kappa shape index (κ3) is 4.98. The van der Waals surface area contributed by atoms with Gasteiger partial charge in [-0.1, -0.05) is 60.5 Å². The van der Waals surface area contributed by atoms with Crippen LogP contribution in [0.5, 0.6) is 5.75 Å². The topological polar surface area (TPSA) is 44.6 Å². The molecule has 0 amide bonds. The van der Waals surface area contributed by atoms with Crippen molar-refractivity contribution >= 4 is 18.0 Å². The van der Waals surface area contributed by atoms with Crippen molar-refractivity contribution in [2.24, 2.45) is 4.99 Å². The first-order valence-electron chi connectivity index (χ1n) is 9.31. The molecule has 1 aliphatic carbocycles. The number of aromatic hydroxyl groups is 1. The fraction of sp³-hybridized carbons (Fsp3) is 0.667. The molecule has 2 atom stereocenters. The van der Waals surface area contributed by atoms with E-state index in [-0.39, 0.29) is 22.9 Å². The van der Waals surface area contributed by atoms with Crippen molar-refractivity contribution in [1.29, 1.82) is 0 Å². The van der Waals surface area contributed by atoms with Crippen LogP contribution in [-0.2, 0) is 10.8 Å².